The number of piperidine rings is 1. The summed E-state index contributed by atoms with van der Waals surface area (Å²) in [6, 6.07) is 14.9. The van der Waals surface area contributed by atoms with Gasteiger partial charge in [0.25, 0.3) is 5.89 Å². The van der Waals surface area contributed by atoms with Crippen molar-refractivity contribution in [3.8, 4) is 11.5 Å². The van der Waals surface area contributed by atoms with E-state index < -0.39 is 10.0 Å². The van der Waals surface area contributed by atoms with Gasteiger partial charge in [0.1, 0.15) is 0 Å². The number of aryl methyl sites for hydroxylation is 2. The van der Waals surface area contributed by atoms with E-state index in [0.717, 1.165) is 16.7 Å². The molecule has 7 heteroatoms. The molecule has 0 bridgehead atoms. The molecule has 1 aliphatic heterocycles. The monoisotopic (exact) mass is 397 g/mol. The fourth-order valence-corrected chi connectivity index (χ4v) is 4.98. The minimum Gasteiger partial charge on any atom is -0.334 e. The van der Waals surface area contributed by atoms with Crippen LogP contribution in [0, 0.1) is 13.8 Å². The van der Waals surface area contributed by atoms with Crippen LogP contribution in [0.2, 0.25) is 0 Å². The number of rotatable bonds is 4. The molecule has 0 aliphatic carbocycles. The molecule has 0 radical (unpaired) electrons. The molecule has 4 rings (SSSR count). The zero-order valence-corrected chi connectivity index (χ0v) is 16.8. The summed E-state index contributed by atoms with van der Waals surface area (Å²) in [6.07, 6.45) is 1.36. The lowest BCUT2D eigenvalue weighted by Gasteiger charge is -2.29. The van der Waals surface area contributed by atoms with Gasteiger partial charge in [-0.1, -0.05) is 40.5 Å². The number of hydrogen-bond acceptors (Lipinski definition) is 5. The van der Waals surface area contributed by atoms with Crippen LogP contribution in [0.5, 0.6) is 0 Å². The third kappa shape index (κ3) is 3.72. The second kappa shape index (κ2) is 7.48. The maximum Gasteiger partial charge on any atom is 0.257 e. The molecule has 3 aromatic rings. The first-order chi connectivity index (χ1) is 13.4. The van der Waals surface area contributed by atoms with Crippen molar-refractivity contribution >= 4 is 10.0 Å². The Balaban J connectivity index is 1.45. The summed E-state index contributed by atoms with van der Waals surface area (Å²) in [5, 5.41) is 4.15. The summed E-state index contributed by atoms with van der Waals surface area (Å²) in [5.41, 5.74) is 3.07. The van der Waals surface area contributed by atoms with E-state index in [0.29, 0.717) is 42.5 Å². The highest BCUT2D eigenvalue weighted by atomic mass is 32.2. The van der Waals surface area contributed by atoms with Crippen LogP contribution < -0.4 is 0 Å². The Morgan fingerprint density at radius 3 is 2.39 bits per heavy atom. The van der Waals surface area contributed by atoms with Gasteiger partial charge in [-0.3, -0.25) is 0 Å². The van der Waals surface area contributed by atoms with Gasteiger partial charge in [0.15, 0.2) is 5.82 Å². The van der Waals surface area contributed by atoms with E-state index in [-0.39, 0.29) is 5.92 Å². The van der Waals surface area contributed by atoms with Crippen molar-refractivity contribution in [3.05, 3.63) is 65.5 Å². The van der Waals surface area contributed by atoms with Crippen LogP contribution in [-0.4, -0.2) is 36.0 Å². The highest BCUT2D eigenvalue weighted by Crippen LogP contribution is 2.30. The van der Waals surface area contributed by atoms with Crippen LogP contribution in [0.25, 0.3) is 11.5 Å². The average molecular weight is 398 g/mol. The summed E-state index contributed by atoms with van der Waals surface area (Å²) >= 11 is 0. The van der Waals surface area contributed by atoms with E-state index in [4.69, 9.17) is 4.52 Å². The maximum absolute atomic E-state index is 12.8. The molecule has 1 aromatic heterocycles. The minimum atomic E-state index is -3.46. The lowest BCUT2D eigenvalue weighted by molar-refractivity contribution is 0.307. The normalized spacial score (nSPS) is 16.4. The molecule has 1 aliphatic rings. The van der Waals surface area contributed by atoms with Gasteiger partial charge in [0.05, 0.1) is 4.90 Å². The van der Waals surface area contributed by atoms with Crippen molar-refractivity contribution < 1.29 is 12.9 Å². The zero-order valence-electron chi connectivity index (χ0n) is 16.0. The van der Waals surface area contributed by atoms with Gasteiger partial charge in [-0.05, 0) is 51.0 Å². The zero-order chi connectivity index (χ0) is 19.7. The van der Waals surface area contributed by atoms with Crippen molar-refractivity contribution in [1.29, 1.82) is 0 Å². The summed E-state index contributed by atoms with van der Waals surface area (Å²) in [6.45, 7) is 4.87. The molecular formula is C21H23N3O3S. The molecule has 0 saturated carbocycles. The topological polar surface area (TPSA) is 76.3 Å². The van der Waals surface area contributed by atoms with E-state index in [2.05, 4.69) is 10.1 Å². The maximum atomic E-state index is 12.8. The van der Waals surface area contributed by atoms with Gasteiger partial charge in [0, 0.05) is 24.6 Å². The van der Waals surface area contributed by atoms with Crippen LogP contribution in [-0.2, 0) is 10.0 Å². The Bertz CT molecular complexity index is 1070. The van der Waals surface area contributed by atoms with Crippen molar-refractivity contribution in [2.24, 2.45) is 0 Å². The lowest BCUT2D eigenvalue weighted by Crippen LogP contribution is -2.38. The summed E-state index contributed by atoms with van der Waals surface area (Å²) in [5.74, 6) is 1.27. The summed E-state index contributed by atoms with van der Waals surface area (Å²) < 4.78 is 32.7. The Morgan fingerprint density at radius 2 is 1.71 bits per heavy atom. The van der Waals surface area contributed by atoms with Gasteiger partial charge in [-0.2, -0.15) is 9.29 Å². The molecule has 1 fully saturated rings. The van der Waals surface area contributed by atoms with Crippen molar-refractivity contribution in [2.75, 3.05) is 13.1 Å². The van der Waals surface area contributed by atoms with E-state index in [9.17, 15) is 8.42 Å². The third-order valence-corrected chi connectivity index (χ3v) is 7.10. The van der Waals surface area contributed by atoms with Crippen LogP contribution in [0.1, 0.15) is 35.7 Å². The van der Waals surface area contributed by atoms with Gasteiger partial charge in [0.2, 0.25) is 10.0 Å². The molecular weight excluding hydrogens is 374 g/mol. The van der Waals surface area contributed by atoms with E-state index in [1.807, 2.05) is 50.2 Å². The predicted molar refractivity (Wildman–Crippen MR) is 106 cm³/mol. The first-order valence-corrected chi connectivity index (χ1v) is 10.8. The summed E-state index contributed by atoms with van der Waals surface area (Å²) in [4.78, 5) is 4.90. The van der Waals surface area contributed by atoms with Crippen molar-refractivity contribution in [1.82, 2.24) is 14.4 Å². The second-order valence-electron chi connectivity index (χ2n) is 7.32. The second-order valence-corrected chi connectivity index (χ2v) is 9.26. The average Bonchev–Trinajstić information content (AvgIpc) is 3.19. The first kappa shape index (κ1) is 18.8. The Hall–Kier alpha value is -2.51. The van der Waals surface area contributed by atoms with Crippen LogP contribution in [0.3, 0.4) is 0 Å². The molecule has 0 N–H and O–H groups in total. The predicted octanol–water partition coefficient (Wildman–Crippen LogP) is 3.92. The Kier molecular flexibility index (Phi) is 5.03. The number of nitrogens with zero attached hydrogens (tertiary/aromatic N) is 3. The number of hydrogen-bond donors (Lipinski definition) is 0. The van der Waals surface area contributed by atoms with Gasteiger partial charge < -0.3 is 4.52 Å². The quantitative estimate of drug-likeness (QED) is 0.667. The highest BCUT2D eigenvalue weighted by Gasteiger charge is 2.31. The van der Waals surface area contributed by atoms with Crippen molar-refractivity contribution in [2.45, 2.75) is 37.5 Å². The standard InChI is InChI=1S/C21H23N3O3S/c1-15-6-8-19(9-7-15)28(25,26)24-12-10-17(11-13-24)20-22-21(27-23-20)18-5-3-4-16(2)14-18/h3-9,14,17H,10-13H2,1-2H3. The smallest absolute Gasteiger partial charge is 0.257 e. The molecule has 2 heterocycles. The van der Waals surface area contributed by atoms with Crippen LogP contribution in [0.15, 0.2) is 57.9 Å². The van der Waals surface area contributed by atoms with Gasteiger partial charge in [-0.15, -0.1) is 0 Å². The van der Waals surface area contributed by atoms with Gasteiger partial charge >= 0.3 is 0 Å². The molecule has 28 heavy (non-hydrogen) atoms. The molecule has 2 aromatic carbocycles. The Labute approximate surface area is 165 Å². The SMILES string of the molecule is Cc1ccc(S(=O)(=O)N2CCC(c3noc(-c4cccc(C)c4)n3)CC2)cc1. The molecule has 1 saturated heterocycles. The molecule has 0 spiro atoms. The van der Waals surface area contributed by atoms with E-state index in [1.165, 1.54) is 0 Å². The molecule has 146 valence electrons. The minimum absolute atomic E-state index is 0.103. The van der Waals surface area contributed by atoms with E-state index in [1.54, 1.807) is 16.4 Å². The third-order valence-electron chi connectivity index (χ3n) is 5.18. The van der Waals surface area contributed by atoms with Crippen LogP contribution >= 0.6 is 0 Å². The molecule has 0 amide bonds. The fourth-order valence-electron chi connectivity index (χ4n) is 3.51. The Morgan fingerprint density at radius 1 is 1.00 bits per heavy atom. The molecule has 0 unspecified atom stereocenters. The number of sulfonamides is 1. The molecule has 6 nitrogen and oxygen atoms in total. The molecule has 0 atom stereocenters. The van der Waals surface area contributed by atoms with Gasteiger partial charge in [-0.25, -0.2) is 8.42 Å². The number of benzene rings is 2. The van der Waals surface area contributed by atoms with Crippen molar-refractivity contribution in [3.63, 3.8) is 0 Å². The summed E-state index contributed by atoms with van der Waals surface area (Å²) in [7, 11) is -3.46. The first-order valence-electron chi connectivity index (χ1n) is 9.41. The van der Waals surface area contributed by atoms with Crippen LogP contribution in [0.4, 0.5) is 0 Å². The highest BCUT2D eigenvalue weighted by molar-refractivity contribution is 7.89. The van der Waals surface area contributed by atoms with E-state index >= 15 is 0 Å². The fraction of sp³-hybridized carbons (Fsp3) is 0.333. The lowest BCUT2D eigenvalue weighted by atomic mass is 9.97. The largest absolute Gasteiger partial charge is 0.334 e. The number of aromatic nitrogens is 2.